The zero-order valence-electron chi connectivity index (χ0n) is 20.7. The molecule has 0 aromatic heterocycles. The summed E-state index contributed by atoms with van der Waals surface area (Å²) in [4.78, 5) is 28.2. The zero-order valence-corrected chi connectivity index (χ0v) is 20.7. The molecule has 36 heavy (non-hydrogen) atoms. The molecule has 1 atom stereocenters. The number of carbonyl (C=O) groups is 2. The number of hydrogen-bond donors (Lipinski definition) is 2. The molecule has 186 valence electrons. The molecular weight excluding hydrogens is 458 g/mol. The van der Waals surface area contributed by atoms with Gasteiger partial charge in [0.05, 0.1) is 24.8 Å². The Morgan fingerprint density at radius 3 is 2.36 bits per heavy atom. The predicted molar refractivity (Wildman–Crippen MR) is 138 cm³/mol. The molecule has 2 N–H and O–H groups in total. The molecule has 0 bridgehead atoms. The fourth-order valence-electron chi connectivity index (χ4n) is 4.32. The summed E-state index contributed by atoms with van der Waals surface area (Å²) in [6.45, 7) is 8.26. The van der Waals surface area contributed by atoms with Gasteiger partial charge in [0.25, 0.3) is 11.7 Å². The first kappa shape index (κ1) is 24.9. The molecule has 0 spiro atoms. The molecule has 3 aromatic carbocycles. The van der Waals surface area contributed by atoms with Crippen LogP contribution in [0.2, 0.25) is 0 Å². The van der Waals surface area contributed by atoms with E-state index in [0.29, 0.717) is 35.8 Å². The molecule has 0 saturated carbocycles. The van der Waals surface area contributed by atoms with Gasteiger partial charge in [-0.15, -0.1) is 0 Å². The monoisotopic (exact) mass is 487 g/mol. The van der Waals surface area contributed by atoms with Crippen molar-refractivity contribution in [2.75, 3.05) is 18.1 Å². The van der Waals surface area contributed by atoms with Crippen LogP contribution >= 0.6 is 0 Å². The third-order valence-corrected chi connectivity index (χ3v) is 6.23. The number of phenols is 1. The number of nitrogens with zero attached hydrogens (tertiary/aromatic N) is 1. The predicted octanol–water partition coefficient (Wildman–Crippen LogP) is 5.43. The van der Waals surface area contributed by atoms with E-state index in [2.05, 4.69) is 0 Å². The third kappa shape index (κ3) is 4.52. The average Bonchev–Trinajstić information content (AvgIpc) is 3.12. The van der Waals surface area contributed by atoms with Gasteiger partial charge in [-0.3, -0.25) is 14.5 Å². The van der Waals surface area contributed by atoms with Gasteiger partial charge in [0, 0.05) is 17.3 Å². The van der Waals surface area contributed by atoms with Crippen molar-refractivity contribution in [2.45, 2.75) is 33.7 Å². The van der Waals surface area contributed by atoms with E-state index in [-0.39, 0.29) is 22.8 Å². The smallest absolute Gasteiger partial charge is 0.300 e. The van der Waals surface area contributed by atoms with E-state index in [1.807, 2.05) is 26.8 Å². The number of anilines is 1. The SMILES string of the molecule is CCOc1cccc(N2C(=O)C(=O)/C(=C(\O)c3ccc(C)c(C)c3)C2c2ccc(O)c(OCC)c2)c1. The van der Waals surface area contributed by atoms with E-state index in [9.17, 15) is 19.8 Å². The Morgan fingerprint density at radius 2 is 1.67 bits per heavy atom. The maximum absolute atomic E-state index is 13.4. The number of hydrogen-bond acceptors (Lipinski definition) is 6. The van der Waals surface area contributed by atoms with Crippen LogP contribution in [0.4, 0.5) is 5.69 Å². The lowest BCUT2D eigenvalue weighted by Gasteiger charge is -2.26. The van der Waals surface area contributed by atoms with Crippen molar-refractivity contribution in [2.24, 2.45) is 0 Å². The number of aliphatic hydroxyl groups is 1. The Labute approximate surface area is 210 Å². The molecular formula is C29H29NO6. The van der Waals surface area contributed by atoms with Crippen molar-refractivity contribution in [3.8, 4) is 17.2 Å². The molecule has 3 aromatic rings. The van der Waals surface area contributed by atoms with Crippen molar-refractivity contribution in [3.63, 3.8) is 0 Å². The Hall–Kier alpha value is -4.26. The molecule has 7 nitrogen and oxygen atoms in total. The lowest BCUT2D eigenvalue weighted by molar-refractivity contribution is -0.132. The molecule has 1 heterocycles. The maximum atomic E-state index is 13.4. The van der Waals surface area contributed by atoms with Crippen LogP contribution in [0.15, 0.2) is 66.2 Å². The van der Waals surface area contributed by atoms with Crippen LogP contribution in [0, 0.1) is 13.8 Å². The minimum Gasteiger partial charge on any atom is -0.507 e. The van der Waals surface area contributed by atoms with Crippen molar-refractivity contribution < 1.29 is 29.3 Å². The second-order valence-corrected chi connectivity index (χ2v) is 8.56. The number of aryl methyl sites for hydroxylation is 2. The fraction of sp³-hybridized carbons (Fsp3) is 0.241. The lowest BCUT2D eigenvalue weighted by Crippen LogP contribution is -2.29. The number of aromatic hydroxyl groups is 1. The third-order valence-electron chi connectivity index (χ3n) is 6.23. The van der Waals surface area contributed by atoms with Crippen LogP contribution in [0.1, 0.15) is 42.1 Å². The van der Waals surface area contributed by atoms with Gasteiger partial charge in [-0.2, -0.15) is 0 Å². The normalized spacial score (nSPS) is 16.9. The molecule has 1 amide bonds. The summed E-state index contributed by atoms with van der Waals surface area (Å²) in [6.07, 6.45) is 0. The highest BCUT2D eigenvalue weighted by molar-refractivity contribution is 6.51. The summed E-state index contributed by atoms with van der Waals surface area (Å²) < 4.78 is 11.2. The summed E-state index contributed by atoms with van der Waals surface area (Å²) in [5.74, 6) is -1.14. The summed E-state index contributed by atoms with van der Waals surface area (Å²) >= 11 is 0. The maximum Gasteiger partial charge on any atom is 0.300 e. The average molecular weight is 488 g/mol. The van der Waals surface area contributed by atoms with E-state index >= 15 is 0 Å². The quantitative estimate of drug-likeness (QED) is 0.262. The molecule has 7 heteroatoms. The number of ketones is 1. The van der Waals surface area contributed by atoms with E-state index in [1.165, 1.54) is 11.0 Å². The molecule has 1 unspecified atom stereocenters. The molecule has 1 saturated heterocycles. The Morgan fingerprint density at radius 1 is 0.917 bits per heavy atom. The summed E-state index contributed by atoms with van der Waals surface area (Å²) in [7, 11) is 0. The first-order valence-corrected chi connectivity index (χ1v) is 11.8. The van der Waals surface area contributed by atoms with Crippen LogP contribution in [0.3, 0.4) is 0 Å². The van der Waals surface area contributed by atoms with Crippen LogP contribution in [0.5, 0.6) is 17.2 Å². The van der Waals surface area contributed by atoms with E-state index in [4.69, 9.17) is 9.47 Å². The van der Waals surface area contributed by atoms with Crippen LogP contribution < -0.4 is 14.4 Å². The summed E-state index contributed by atoms with van der Waals surface area (Å²) in [5, 5.41) is 21.6. The standard InChI is InChI=1S/C29H29NO6/c1-5-35-22-9-7-8-21(16-22)30-26(19-12-13-23(31)24(15-19)36-6-2)25(28(33)29(30)34)27(32)20-11-10-17(3)18(4)14-20/h7-16,26,31-32H,5-6H2,1-4H3/b27-25-. The van der Waals surface area contributed by atoms with Gasteiger partial charge in [0.15, 0.2) is 11.5 Å². The highest BCUT2D eigenvalue weighted by Gasteiger charge is 2.47. The first-order chi connectivity index (χ1) is 17.3. The largest absolute Gasteiger partial charge is 0.507 e. The van der Waals surface area contributed by atoms with Crippen LogP contribution in [-0.4, -0.2) is 35.1 Å². The van der Waals surface area contributed by atoms with E-state index in [0.717, 1.165) is 11.1 Å². The Kier molecular flexibility index (Phi) is 7.01. The van der Waals surface area contributed by atoms with E-state index < -0.39 is 17.7 Å². The van der Waals surface area contributed by atoms with Gasteiger partial charge < -0.3 is 19.7 Å². The number of benzene rings is 3. The lowest BCUT2D eigenvalue weighted by atomic mass is 9.94. The Bertz CT molecular complexity index is 1360. The number of Topliss-reactive ketones (excluding diaryl/α,β-unsaturated/α-hetero) is 1. The highest BCUT2D eigenvalue weighted by atomic mass is 16.5. The van der Waals surface area contributed by atoms with Crippen LogP contribution in [0.25, 0.3) is 5.76 Å². The van der Waals surface area contributed by atoms with Crippen molar-refractivity contribution in [1.29, 1.82) is 0 Å². The minimum absolute atomic E-state index is 0.0433. The van der Waals surface area contributed by atoms with Crippen molar-refractivity contribution in [1.82, 2.24) is 0 Å². The summed E-state index contributed by atoms with van der Waals surface area (Å²) in [5.41, 5.74) is 3.32. The molecule has 1 fully saturated rings. The van der Waals surface area contributed by atoms with Crippen molar-refractivity contribution >= 4 is 23.1 Å². The summed E-state index contributed by atoms with van der Waals surface area (Å²) in [6, 6.07) is 16.0. The van der Waals surface area contributed by atoms with Crippen LogP contribution in [-0.2, 0) is 9.59 Å². The minimum atomic E-state index is -0.955. The second-order valence-electron chi connectivity index (χ2n) is 8.56. The number of phenolic OH excluding ortho intramolecular Hbond substituents is 1. The van der Waals surface area contributed by atoms with E-state index in [1.54, 1.807) is 55.5 Å². The second kappa shape index (κ2) is 10.2. The van der Waals surface area contributed by atoms with Gasteiger partial charge >= 0.3 is 0 Å². The number of amides is 1. The zero-order chi connectivity index (χ0) is 26.0. The van der Waals surface area contributed by atoms with Gasteiger partial charge in [0.2, 0.25) is 0 Å². The Balaban J connectivity index is 1.96. The van der Waals surface area contributed by atoms with Gasteiger partial charge in [-0.1, -0.05) is 24.3 Å². The fourth-order valence-corrected chi connectivity index (χ4v) is 4.32. The number of carbonyl (C=O) groups excluding carboxylic acids is 2. The number of aliphatic hydroxyl groups excluding tert-OH is 1. The topological polar surface area (TPSA) is 96.3 Å². The number of ether oxygens (including phenoxy) is 2. The first-order valence-electron chi connectivity index (χ1n) is 11.8. The molecule has 0 aliphatic carbocycles. The van der Waals surface area contributed by atoms with Gasteiger partial charge in [0.1, 0.15) is 11.5 Å². The molecule has 4 rings (SSSR count). The molecule has 1 aliphatic heterocycles. The number of rotatable bonds is 7. The highest BCUT2D eigenvalue weighted by Crippen LogP contribution is 2.44. The molecule has 1 aliphatic rings. The van der Waals surface area contributed by atoms with Gasteiger partial charge in [-0.25, -0.2) is 0 Å². The van der Waals surface area contributed by atoms with Crippen molar-refractivity contribution in [3.05, 3.63) is 88.5 Å². The molecule has 0 radical (unpaired) electrons. The van der Waals surface area contributed by atoms with Gasteiger partial charge in [-0.05, 0) is 74.7 Å².